The lowest BCUT2D eigenvalue weighted by Gasteiger charge is -2.08. The maximum absolute atomic E-state index is 12.6. The van der Waals surface area contributed by atoms with Crippen molar-refractivity contribution in [3.63, 3.8) is 0 Å². The van der Waals surface area contributed by atoms with Crippen molar-refractivity contribution >= 4 is 32.8 Å². The lowest BCUT2D eigenvalue weighted by atomic mass is 10.2. The van der Waals surface area contributed by atoms with Gasteiger partial charge in [-0.1, -0.05) is 17.7 Å². The highest BCUT2D eigenvalue weighted by molar-refractivity contribution is 7.92. The third-order valence-corrected chi connectivity index (χ3v) is 5.23. The van der Waals surface area contributed by atoms with E-state index in [4.69, 9.17) is 9.15 Å². The Kier molecular flexibility index (Phi) is 5.04. The molecule has 8 nitrogen and oxygen atoms in total. The molecular weight excluding hydrogens is 372 g/mol. The molecule has 3 aromatic rings. The number of nitrogens with one attached hydrogen (secondary N) is 1. The second-order valence-electron chi connectivity index (χ2n) is 5.86. The Bertz CT molecular complexity index is 1140. The van der Waals surface area contributed by atoms with Gasteiger partial charge in [0, 0.05) is 11.8 Å². The van der Waals surface area contributed by atoms with Crippen molar-refractivity contribution in [2.75, 3.05) is 11.3 Å². The molecule has 0 unspecified atom stereocenters. The summed E-state index contributed by atoms with van der Waals surface area (Å²) in [4.78, 5) is 23.6. The largest absolute Gasteiger partial charge is 0.465 e. The molecule has 0 amide bonds. The number of nitrogens with zero attached hydrogens (tertiary/aromatic N) is 1. The van der Waals surface area contributed by atoms with Gasteiger partial charge in [-0.3, -0.25) is 14.1 Å². The fourth-order valence-corrected chi connectivity index (χ4v) is 3.61. The zero-order valence-corrected chi connectivity index (χ0v) is 15.6. The highest BCUT2D eigenvalue weighted by Gasteiger charge is 2.19. The summed E-state index contributed by atoms with van der Waals surface area (Å²) in [5.41, 5.74) is 1.80. The van der Waals surface area contributed by atoms with Gasteiger partial charge in [0.1, 0.15) is 6.54 Å². The van der Waals surface area contributed by atoms with E-state index in [0.29, 0.717) is 11.2 Å². The molecule has 1 aromatic heterocycles. The number of sulfonamides is 1. The van der Waals surface area contributed by atoms with Gasteiger partial charge in [0.25, 0.3) is 10.0 Å². The van der Waals surface area contributed by atoms with Crippen LogP contribution in [-0.4, -0.2) is 25.6 Å². The summed E-state index contributed by atoms with van der Waals surface area (Å²) in [6.07, 6.45) is 0. The highest BCUT2D eigenvalue weighted by atomic mass is 32.2. The Morgan fingerprint density at radius 2 is 1.89 bits per heavy atom. The smallest absolute Gasteiger partial charge is 0.420 e. The summed E-state index contributed by atoms with van der Waals surface area (Å²) in [5.74, 6) is -1.35. The molecule has 3 rings (SSSR count). The molecule has 0 atom stereocenters. The summed E-state index contributed by atoms with van der Waals surface area (Å²) >= 11 is 0. The third kappa shape index (κ3) is 4.03. The molecule has 0 aliphatic rings. The number of carbonyl (C=O) groups excluding carboxylic acids is 1. The molecule has 9 heteroatoms. The van der Waals surface area contributed by atoms with Crippen molar-refractivity contribution in [3.05, 3.63) is 58.6 Å². The predicted octanol–water partition coefficient (Wildman–Crippen LogP) is 2.27. The number of anilines is 1. The van der Waals surface area contributed by atoms with Crippen LogP contribution in [0.2, 0.25) is 0 Å². The molecule has 0 aliphatic carbocycles. The van der Waals surface area contributed by atoms with Crippen molar-refractivity contribution in [3.8, 4) is 0 Å². The molecule has 0 aliphatic heterocycles. The van der Waals surface area contributed by atoms with Crippen molar-refractivity contribution in [2.45, 2.75) is 25.3 Å². The van der Waals surface area contributed by atoms with Gasteiger partial charge in [-0.2, -0.15) is 0 Å². The Hall–Kier alpha value is -3.07. The van der Waals surface area contributed by atoms with Crippen LogP contribution >= 0.6 is 0 Å². The molecule has 1 heterocycles. The van der Waals surface area contributed by atoms with Gasteiger partial charge in [-0.05, 0) is 38.1 Å². The van der Waals surface area contributed by atoms with E-state index in [2.05, 4.69) is 4.72 Å². The maximum Gasteiger partial charge on any atom is 0.420 e. The first-order valence-electron chi connectivity index (χ1n) is 8.18. The summed E-state index contributed by atoms with van der Waals surface area (Å²) in [5, 5.41) is 0. The molecule has 2 aromatic carbocycles. The Morgan fingerprint density at radius 1 is 1.19 bits per heavy atom. The summed E-state index contributed by atoms with van der Waals surface area (Å²) < 4.78 is 38.6. The number of esters is 1. The van der Waals surface area contributed by atoms with Gasteiger partial charge in [0.2, 0.25) is 0 Å². The van der Waals surface area contributed by atoms with Crippen LogP contribution in [-0.2, 0) is 26.1 Å². The van der Waals surface area contributed by atoms with Crippen LogP contribution in [0.5, 0.6) is 0 Å². The number of hydrogen-bond acceptors (Lipinski definition) is 6. The van der Waals surface area contributed by atoms with Crippen LogP contribution in [0.4, 0.5) is 5.69 Å². The minimum atomic E-state index is -3.87. The van der Waals surface area contributed by atoms with Crippen LogP contribution in [0.3, 0.4) is 0 Å². The van der Waals surface area contributed by atoms with E-state index in [-0.39, 0.29) is 23.6 Å². The van der Waals surface area contributed by atoms with Crippen molar-refractivity contribution < 1.29 is 22.4 Å². The standard InChI is InChI=1S/C18H18N2O6S/c1-3-25-17(21)11-20-15-9-8-14(10-16(15)26-18(20)22)27(23,24)19-13-6-4-12(2)5-7-13/h4-10,19H,3,11H2,1-2H3. The topological polar surface area (TPSA) is 108 Å². The zero-order valence-electron chi connectivity index (χ0n) is 14.8. The molecule has 1 N–H and O–H groups in total. The van der Waals surface area contributed by atoms with E-state index in [1.807, 2.05) is 6.92 Å². The van der Waals surface area contributed by atoms with Gasteiger partial charge in [-0.25, -0.2) is 13.2 Å². The van der Waals surface area contributed by atoms with Crippen LogP contribution in [0.15, 0.2) is 56.6 Å². The maximum atomic E-state index is 12.6. The lowest BCUT2D eigenvalue weighted by molar-refractivity contribution is -0.143. The Labute approximate surface area is 155 Å². The number of hydrogen-bond donors (Lipinski definition) is 1. The molecule has 0 saturated heterocycles. The number of carbonyl (C=O) groups is 1. The van der Waals surface area contributed by atoms with Crippen LogP contribution in [0.25, 0.3) is 11.1 Å². The average Bonchev–Trinajstić information content (AvgIpc) is 2.92. The number of benzene rings is 2. The van der Waals surface area contributed by atoms with E-state index >= 15 is 0 Å². The number of fused-ring (bicyclic) bond motifs is 1. The quantitative estimate of drug-likeness (QED) is 0.647. The van der Waals surface area contributed by atoms with Crippen molar-refractivity contribution in [2.24, 2.45) is 0 Å². The van der Waals surface area contributed by atoms with Gasteiger partial charge in [0.15, 0.2) is 5.58 Å². The first kappa shape index (κ1) is 18.7. The van der Waals surface area contributed by atoms with Gasteiger partial charge >= 0.3 is 11.7 Å². The van der Waals surface area contributed by atoms with Crippen molar-refractivity contribution in [1.29, 1.82) is 0 Å². The lowest BCUT2D eigenvalue weighted by Crippen LogP contribution is -2.21. The first-order valence-corrected chi connectivity index (χ1v) is 9.67. The number of aromatic nitrogens is 1. The second kappa shape index (κ2) is 7.28. The molecule has 0 saturated carbocycles. The number of aryl methyl sites for hydroxylation is 1. The van der Waals surface area contributed by atoms with Gasteiger partial charge in [-0.15, -0.1) is 0 Å². The SMILES string of the molecule is CCOC(=O)Cn1c(=O)oc2cc(S(=O)(=O)Nc3ccc(C)cc3)ccc21. The highest BCUT2D eigenvalue weighted by Crippen LogP contribution is 2.21. The number of ether oxygens (including phenoxy) is 1. The molecule has 142 valence electrons. The zero-order chi connectivity index (χ0) is 19.6. The van der Waals surface area contributed by atoms with E-state index in [1.54, 1.807) is 31.2 Å². The number of oxazole rings is 1. The van der Waals surface area contributed by atoms with Crippen LogP contribution < -0.4 is 10.5 Å². The number of rotatable bonds is 6. The van der Waals surface area contributed by atoms with E-state index in [0.717, 1.165) is 10.1 Å². The summed E-state index contributed by atoms with van der Waals surface area (Å²) in [6, 6.07) is 10.9. The molecule has 0 radical (unpaired) electrons. The predicted molar refractivity (Wildman–Crippen MR) is 99.1 cm³/mol. The van der Waals surface area contributed by atoms with Crippen molar-refractivity contribution in [1.82, 2.24) is 4.57 Å². The van der Waals surface area contributed by atoms with Crippen LogP contribution in [0, 0.1) is 6.92 Å². The van der Waals surface area contributed by atoms with E-state index in [9.17, 15) is 18.0 Å². The second-order valence-corrected chi connectivity index (χ2v) is 7.54. The van der Waals surface area contributed by atoms with E-state index in [1.165, 1.54) is 18.2 Å². The normalized spacial score (nSPS) is 11.5. The monoisotopic (exact) mass is 390 g/mol. The Morgan fingerprint density at radius 3 is 2.56 bits per heavy atom. The fourth-order valence-electron chi connectivity index (χ4n) is 2.53. The first-order chi connectivity index (χ1) is 12.8. The summed E-state index contributed by atoms with van der Waals surface area (Å²) in [6.45, 7) is 3.44. The van der Waals surface area contributed by atoms with Gasteiger partial charge < -0.3 is 9.15 Å². The van der Waals surface area contributed by atoms with E-state index < -0.39 is 21.7 Å². The molecule has 0 bridgehead atoms. The molecular formula is C18H18N2O6S. The molecule has 0 fully saturated rings. The van der Waals surface area contributed by atoms with Crippen LogP contribution in [0.1, 0.15) is 12.5 Å². The molecule has 0 spiro atoms. The third-order valence-electron chi connectivity index (χ3n) is 3.85. The minimum Gasteiger partial charge on any atom is -0.465 e. The Balaban J connectivity index is 1.93. The van der Waals surface area contributed by atoms with Gasteiger partial charge in [0.05, 0.1) is 17.0 Å². The summed E-state index contributed by atoms with van der Waals surface area (Å²) in [7, 11) is -3.87. The minimum absolute atomic E-state index is 0.0624. The molecule has 27 heavy (non-hydrogen) atoms. The fraction of sp³-hybridized carbons (Fsp3) is 0.222. The average molecular weight is 390 g/mol.